The Bertz CT molecular complexity index is 1380. The third kappa shape index (κ3) is 4.85. The number of anilines is 1. The monoisotopic (exact) mass is 493 g/mol. The average molecular weight is 495 g/mol. The fourth-order valence-corrected chi connectivity index (χ4v) is 4.77. The Balaban J connectivity index is 1.60. The van der Waals surface area contributed by atoms with Crippen molar-refractivity contribution < 1.29 is 13.2 Å². The molecular formula is C21H14Cl3N3O3S. The van der Waals surface area contributed by atoms with Crippen LogP contribution in [0, 0.1) is 0 Å². The number of ether oxygens (including phenoxy) is 1. The molecule has 0 atom stereocenters. The van der Waals surface area contributed by atoms with Crippen molar-refractivity contribution in [1.82, 2.24) is 9.97 Å². The maximum Gasteiger partial charge on any atom is 0.264 e. The highest BCUT2D eigenvalue weighted by Crippen LogP contribution is 2.31. The van der Waals surface area contributed by atoms with Crippen molar-refractivity contribution in [2.75, 3.05) is 4.72 Å². The van der Waals surface area contributed by atoms with Crippen LogP contribution in [0.5, 0.6) is 5.88 Å². The van der Waals surface area contributed by atoms with Crippen LogP contribution in [0.2, 0.25) is 15.2 Å². The van der Waals surface area contributed by atoms with Gasteiger partial charge in [0.15, 0.2) is 5.15 Å². The molecule has 4 aromatic rings. The van der Waals surface area contributed by atoms with E-state index in [9.17, 15) is 8.42 Å². The molecule has 0 radical (unpaired) electrons. The third-order valence-corrected chi connectivity index (χ3v) is 6.83. The normalized spacial score (nSPS) is 11.5. The van der Waals surface area contributed by atoms with Gasteiger partial charge in [-0.2, -0.15) is 4.98 Å². The molecule has 0 aliphatic rings. The molecule has 0 unspecified atom stereocenters. The first-order chi connectivity index (χ1) is 14.8. The summed E-state index contributed by atoms with van der Waals surface area (Å²) < 4.78 is 33.7. The number of halogens is 3. The van der Waals surface area contributed by atoms with Crippen LogP contribution in [0.1, 0.15) is 5.56 Å². The van der Waals surface area contributed by atoms with Gasteiger partial charge in [-0.05, 0) is 34.5 Å². The smallest absolute Gasteiger partial charge is 0.264 e. The van der Waals surface area contributed by atoms with Gasteiger partial charge in [0.05, 0.1) is 16.2 Å². The second kappa shape index (κ2) is 8.88. The number of hydrogen-bond acceptors (Lipinski definition) is 5. The lowest BCUT2D eigenvalue weighted by molar-refractivity contribution is 0.295. The number of hydrogen-bond donors (Lipinski definition) is 1. The Morgan fingerprint density at radius 1 is 0.935 bits per heavy atom. The van der Waals surface area contributed by atoms with Crippen LogP contribution < -0.4 is 9.46 Å². The molecular weight excluding hydrogens is 481 g/mol. The number of benzene rings is 3. The first kappa shape index (κ1) is 21.6. The Hall–Kier alpha value is -2.58. The van der Waals surface area contributed by atoms with Gasteiger partial charge >= 0.3 is 0 Å². The first-order valence-electron chi connectivity index (χ1n) is 8.93. The molecule has 3 aromatic carbocycles. The van der Waals surface area contributed by atoms with E-state index in [0.717, 1.165) is 16.3 Å². The first-order valence-corrected chi connectivity index (χ1v) is 11.5. The second-order valence-electron chi connectivity index (χ2n) is 6.47. The van der Waals surface area contributed by atoms with Gasteiger partial charge in [0, 0.05) is 0 Å². The summed E-state index contributed by atoms with van der Waals surface area (Å²) in [7, 11) is -4.11. The van der Waals surface area contributed by atoms with E-state index in [-0.39, 0.29) is 38.4 Å². The molecule has 158 valence electrons. The molecule has 6 nitrogen and oxygen atoms in total. The van der Waals surface area contributed by atoms with Gasteiger partial charge in [-0.1, -0.05) is 77.3 Å². The van der Waals surface area contributed by atoms with Gasteiger partial charge in [-0.15, -0.1) is 0 Å². The SMILES string of the molecule is O=S(=O)(Nc1ncc(Cl)nc1OCc1ccc2ccccc2c1)c1cccc(Cl)c1Cl. The molecule has 0 spiro atoms. The third-order valence-electron chi connectivity index (χ3n) is 4.34. The molecule has 1 aromatic heterocycles. The summed E-state index contributed by atoms with van der Waals surface area (Å²) in [4.78, 5) is 7.89. The van der Waals surface area contributed by atoms with E-state index in [1.54, 1.807) is 0 Å². The summed E-state index contributed by atoms with van der Waals surface area (Å²) in [5.74, 6) is -0.191. The van der Waals surface area contributed by atoms with Gasteiger partial charge in [-0.25, -0.2) is 13.4 Å². The lowest BCUT2D eigenvalue weighted by atomic mass is 10.1. The molecule has 10 heteroatoms. The largest absolute Gasteiger partial charge is 0.470 e. The summed E-state index contributed by atoms with van der Waals surface area (Å²) in [6.07, 6.45) is 1.21. The van der Waals surface area contributed by atoms with Crippen LogP contribution in [-0.2, 0) is 16.6 Å². The summed E-state index contributed by atoms with van der Waals surface area (Å²) in [6, 6.07) is 18.1. The molecule has 4 rings (SSSR count). The Labute approximate surface area is 193 Å². The van der Waals surface area contributed by atoms with Crippen LogP contribution in [0.3, 0.4) is 0 Å². The van der Waals surface area contributed by atoms with Crippen LogP contribution in [0.4, 0.5) is 5.82 Å². The predicted molar refractivity (Wildman–Crippen MR) is 123 cm³/mol. The van der Waals surface area contributed by atoms with Crippen molar-refractivity contribution in [2.24, 2.45) is 0 Å². The highest BCUT2D eigenvalue weighted by atomic mass is 35.5. The molecule has 0 fully saturated rings. The quantitative estimate of drug-likeness (QED) is 0.357. The minimum atomic E-state index is -4.11. The number of fused-ring (bicyclic) bond motifs is 1. The highest BCUT2D eigenvalue weighted by molar-refractivity contribution is 7.92. The average Bonchev–Trinajstić information content (AvgIpc) is 2.75. The zero-order chi connectivity index (χ0) is 22.0. The topological polar surface area (TPSA) is 81.2 Å². The van der Waals surface area contributed by atoms with Crippen LogP contribution in [0.25, 0.3) is 10.8 Å². The summed E-state index contributed by atoms with van der Waals surface area (Å²) >= 11 is 17.9. The minimum Gasteiger partial charge on any atom is -0.470 e. The van der Waals surface area contributed by atoms with E-state index in [1.807, 2.05) is 42.5 Å². The van der Waals surface area contributed by atoms with E-state index >= 15 is 0 Å². The molecule has 0 aliphatic carbocycles. The van der Waals surface area contributed by atoms with E-state index in [1.165, 1.54) is 24.4 Å². The van der Waals surface area contributed by atoms with Crippen molar-refractivity contribution in [3.8, 4) is 5.88 Å². The number of nitrogens with zero attached hydrogens (tertiary/aromatic N) is 2. The zero-order valence-electron chi connectivity index (χ0n) is 15.7. The van der Waals surface area contributed by atoms with Gasteiger partial charge < -0.3 is 4.74 Å². The van der Waals surface area contributed by atoms with Gasteiger partial charge in [0.1, 0.15) is 11.5 Å². The zero-order valence-corrected chi connectivity index (χ0v) is 18.8. The molecule has 0 saturated carbocycles. The highest BCUT2D eigenvalue weighted by Gasteiger charge is 2.23. The molecule has 0 bridgehead atoms. The lowest BCUT2D eigenvalue weighted by Crippen LogP contribution is -2.16. The minimum absolute atomic E-state index is 0.0530. The predicted octanol–water partition coefficient (Wildman–Crippen LogP) is 5.97. The van der Waals surface area contributed by atoms with Crippen LogP contribution in [0.15, 0.2) is 71.8 Å². The van der Waals surface area contributed by atoms with Crippen LogP contribution in [-0.4, -0.2) is 18.4 Å². The maximum atomic E-state index is 12.8. The van der Waals surface area contributed by atoms with Gasteiger partial charge in [0.2, 0.25) is 5.82 Å². The van der Waals surface area contributed by atoms with Crippen molar-refractivity contribution in [3.63, 3.8) is 0 Å². The fourth-order valence-electron chi connectivity index (χ4n) is 2.88. The van der Waals surface area contributed by atoms with Crippen molar-refractivity contribution >= 4 is 61.4 Å². The Kier molecular flexibility index (Phi) is 6.20. The van der Waals surface area contributed by atoms with Crippen molar-refractivity contribution in [2.45, 2.75) is 11.5 Å². The van der Waals surface area contributed by atoms with E-state index in [4.69, 9.17) is 39.5 Å². The molecule has 0 saturated heterocycles. The summed E-state index contributed by atoms with van der Waals surface area (Å²) in [5, 5.41) is 2.21. The van der Waals surface area contributed by atoms with E-state index in [2.05, 4.69) is 14.7 Å². The van der Waals surface area contributed by atoms with Gasteiger partial charge in [0.25, 0.3) is 15.9 Å². The standard InChI is InChI=1S/C21H14Cl3N3O3S/c22-16-6-3-7-17(19(16)24)31(28,29)27-20-21(26-18(23)11-25-20)30-12-13-8-9-14-4-1-2-5-15(14)10-13/h1-11H,12H2,(H,25,27). The second-order valence-corrected chi connectivity index (χ2v) is 9.30. The van der Waals surface area contributed by atoms with E-state index < -0.39 is 10.0 Å². The Morgan fingerprint density at radius 2 is 1.71 bits per heavy atom. The van der Waals surface area contributed by atoms with Crippen LogP contribution >= 0.6 is 34.8 Å². The van der Waals surface area contributed by atoms with Crippen molar-refractivity contribution in [3.05, 3.63) is 87.6 Å². The summed E-state index contributed by atoms with van der Waals surface area (Å²) in [5.41, 5.74) is 0.868. The lowest BCUT2D eigenvalue weighted by Gasteiger charge is -2.13. The molecule has 31 heavy (non-hydrogen) atoms. The Morgan fingerprint density at radius 3 is 2.52 bits per heavy atom. The molecule has 1 heterocycles. The molecule has 0 aliphatic heterocycles. The van der Waals surface area contributed by atoms with E-state index in [0.29, 0.717) is 0 Å². The maximum absolute atomic E-state index is 12.8. The van der Waals surface area contributed by atoms with Crippen molar-refractivity contribution in [1.29, 1.82) is 0 Å². The molecule has 0 amide bonds. The number of nitrogens with one attached hydrogen (secondary N) is 1. The number of aromatic nitrogens is 2. The molecule has 1 N–H and O–H groups in total. The summed E-state index contributed by atoms with van der Waals surface area (Å²) in [6.45, 7) is 0.131. The number of rotatable bonds is 6. The van der Waals surface area contributed by atoms with Gasteiger partial charge in [-0.3, -0.25) is 4.72 Å². The number of sulfonamides is 1. The fraction of sp³-hybridized carbons (Fsp3) is 0.0476.